The van der Waals surface area contributed by atoms with Gasteiger partial charge in [-0.25, -0.2) is 23.4 Å². The summed E-state index contributed by atoms with van der Waals surface area (Å²) in [6, 6.07) is 1.80. The van der Waals surface area contributed by atoms with Crippen LogP contribution < -0.4 is 4.90 Å². The molecule has 0 N–H and O–H groups in total. The molecule has 0 radical (unpaired) electrons. The molecule has 0 aliphatic carbocycles. The second-order valence-electron chi connectivity index (χ2n) is 5.16. The zero-order valence-electron chi connectivity index (χ0n) is 12.3. The van der Waals surface area contributed by atoms with E-state index >= 15 is 0 Å². The molecule has 0 bridgehead atoms. The first-order chi connectivity index (χ1) is 11.0. The lowest BCUT2D eigenvalue weighted by molar-refractivity contribution is 0.0985. The Bertz CT molecular complexity index is 783. The summed E-state index contributed by atoms with van der Waals surface area (Å²) >= 11 is 7.07. The van der Waals surface area contributed by atoms with Crippen molar-refractivity contribution in [1.82, 2.24) is 15.0 Å². The maximum atomic E-state index is 12.3. The highest BCUT2D eigenvalue weighted by molar-refractivity contribution is 7.92. The second-order valence-corrected chi connectivity index (χ2v) is 8.56. The molecule has 3 rings (SSSR count). The van der Waals surface area contributed by atoms with Gasteiger partial charge in [0.15, 0.2) is 0 Å². The molecule has 0 aromatic carbocycles. The van der Waals surface area contributed by atoms with Crippen molar-refractivity contribution in [3.63, 3.8) is 0 Å². The number of sulfone groups is 1. The van der Waals surface area contributed by atoms with Gasteiger partial charge in [-0.15, -0.1) is 11.3 Å². The molecule has 0 saturated carbocycles. The van der Waals surface area contributed by atoms with Gasteiger partial charge < -0.3 is 9.64 Å². The maximum Gasteiger partial charge on any atom is 0.224 e. The quantitative estimate of drug-likeness (QED) is 0.754. The van der Waals surface area contributed by atoms with Crippen LogP contribution in [0.5, 0.6) is 0 Å². The standard InChI is InChI=1S/C13H15ClN4O3S2/c1-9-7-21-4-3-18(9)11-6-10(16-12(14)17-11)8-23(19,20)13-15-2-5-22-13/h2,5-6,9H,3-4,7-8H2,1H3/t9-/m0/s1. The van der Waals surface area contributed by atoms with Crippen LogP contribution in [-0.4, -0.2) is 49.2 Å². The number of ether oxygens (including phenoxy) is 1. The Labute approximate surface area is 143 Å². The van der Waals surface area contributed by atoms with Crippen molar-refractivity contribution in [3.8, 4) is 0 Å². The second kappa shape index (κ2) is 6.68. The van der Waals surface area contributed by atoms with Gasteiger partial charge in [-0.3, -0.25) is 0 Å². The molecule has 7 nitrogen and oxygen atoms in total. The minimum absolute atomic E-state index is 0.0329. The normalized spacial score (nSPS) is 19.0. The van der Waals surface area contributed by atoms with E-state index in [0.29, 0.717) is 31.3 Å². The lowest BCUT2D eigenvalue weighted by Crippen LogP contribution is -2.44. The number of morpholine rings is 1. The van der Waals surface area contributed by atoms with Crippen LogP contribution in [0, 0.1) is 0 Å². The van der Waals surface area contributed by atoms with E-state index in [-0.39, 0.29) is 21.4 Å². The van der Waals surface area contributed by atoms with Crippen LogP contribution in [0.25, 0.3) is 0 Å². The molecular weight excluding hydrogens is 360 g/mol. The minimum atomic E-state index is -3.53. The van der Waals surface area contributed by atoms with E-state index in [1.54, 1.807) is 11.4 Å². The Morgan fingerprint density at radius 1 is 1.48 bits per heavy atom. The van der Waals surface area contributed by atoms with Crippen molar-refractivity contribution in [2.75, 3.05) is 24.7 Å². The SMILES string of the molecule is C[C@H]1COCCN1c1cc(CS(=O)(=O)c2nccs2)nc(Cl)n1. The fraction of sp³-hybridized carbons (Fsp3) is 0.462. The molecule has 23 heavy (non-hydrogen) atoms. The fourth-order valence-corrected chi connectivity index (χ4v) is 4.73. The highest BCUT2D eigenvalue weighted by Gasteiger charge is 2.24. The Hall–Kier alpha value is -1.29. The third-order valence-corrected chi connectivity index (χ3v) is 6.51. The van der Waals surface area contributed by atoms with Crippen LogP contribution >= 0.6 is 22.9 Å². The summed E-state index contributed by atoms with van der Waals surface area (Å²) in [6.45, 7) is 3.88. The first kappa shape index (κ1) is 16.6. The van der Waals surface area contributed by atoms with Gasteiger partial charge in [0.2, 0.25) is 19.5 Å². The van der Waals surface area contributed by atoms with Crippen molar-refractivity contribution >= 4 is 38.6 Å². The van der Waals surface area contributed by atoms with Crippen LogP contribution in [0.3, 0.4) is 0 Å². The van der Waals surface area contributed by atoms with Gasteiger partial charge in [-0.1, -0.05) is 0 Å². The Balaban J connectivity index is 1.89. The van der Waals surface area contributed by atoms with Crippen LogP contribution in [0.15, 0.2) is 22.0 Å². The van der Waals surface area contributed by atoms with Crippen molar-refractivity contribution in [2.45, 2.75) is 23.1 Å². The van der Waals surface area contributed by atoms with Gasteiger partial charge in [0.1, 0.15) is 5.82 Å². The summed E-state index contributed by atoms with van der Waals surface area (Å²) in [7, 11) is -3.53. The number of aromatic nitrogens is 3. The molecule has 2 aromatic heterocycles. The molecule has 1 saturated heterocycles. The summed E-state index contributed by atoms with van der Waals surface area (Å²) in [5, 5.41) is 1.66. The molecule has 0 amide bonds. The molecule has 1 fully saturated rings. The third-order valence-electron chi connectivity index (χ3n) is 3.41. The van der Waals surface area contributed by atoms with Gasteiger partial charge in [-0.05, 0) is 18.5 Å². The first-order valence-electron chi connectivity index (χ1n) is 6.96. The summed E-state index contributed by atoms with van der Waals surface area (Å²) in [5.74, 6) is 0.360. The Morgan fingerprint density at radius 3 is 3.00 bits per heavy atom. The van der Waals surface area contributed by atoms with Gasteiger partial charge in [0.05, 0.1) is 30.7 Å². The molecule has 3 heterocycles. The number of hydrogen-bond acceptors (Lipinski definition) is 8. The van der Waals surface area contributed by atoms with Crippen molar-refractivity contribution in [1.29, 1.82) is 0 Å². The summed E-state index contributed by atoms with van der Waals surface area (Å²) in [6.07, 6.45) is 1.46. The molecule has 10 heteroatoms. The van der Waals surface area contributed by atoms with E-state index in [0.717, 1.165) is 11.3 Å². The monoisotopic (exact) mass is 374 g/mol. The molecule has 2 aromatic rings. The van der Waals surface area contributed by atoms with E-state index in [2.05, 4.69) is 15.0 Å². The fourth-order valence-electron chi connectivity index (χ4n) is 2.36. The summed E-state index contributed by atoms with van der Waals surface area (Å²) in [5.41, 5.74) is 0.355. The molecule has 0 unspecified atom stereocenters. The predicted octanol–water partition coefficient (Wildman–Crippen LogP) is 1.79. The number of hydrogen-bond donors (Lipinski definition) is 0. The molecule has 1 aliphatic rings. The van der Waals surface area contributed by atoms with E-state index < -0.39 is 9.84 Å². The van der Waals surface area contributed by atoms with Crippen molar-refractivity contribution in [2.24, 2.45) is 0 Å². The highest BCUT2D eigenvalue weighted by Crippen LogP contribution is 2.23. The van der Waals surface area contributed by atoms with Gasteiger partial charge >= 0.3 is 0 Å². The summed E-state index contributed by atoms with van der Waals surface area (Å²) < 4.78 is 30.2. The van der Waals surface area contributed by atoms with Gasteiger partial charge in [0.25, 0.3) is 0 Å². The van der Waals surface area contributed by atoms with E-state index in [1.165, 1.54) is 6.20 Å². The average Bonchev–Trinajstić information content (AvgIpc) is 3.01. The zero-order chi connectivity index (χ0) is 16.4. The van der Waals surface area contributed by atoms with Crippen LogP contribution in [0.1, 0.15) is 12.6 Å². The number of anilines is 1. The Morgan fingerprint density at radius 2 is 2.30 bits per heavy atom. The Kier molecular flexibility index (Phi) is 4.81. The molecule has 124 valence electrons. The zero-order valence-corrected chi connectivity index (χ0v) is 14.7. The minimum Gasteiger partial charge on any atom is -0.377 e. The molecule has 1 atom stereocenters. The number of rotatable bonds is 4. The topological polar surface area (TPSA) is 85.3 Å². The van der Waals surface area contributed by atoms with Gasteiger partial charge in [-0.2, -0.15) is 0 Å². The largest absolute Gasteiger partial charge is 0.377 e. The first-order valence-corrected chi connectivity index (χ1v) is 9.87. The van der Waals surface area contributed by atoms with E-state index in [4.69, 9.17) is 16.3 Å². The smallest absolute Gasteiger partial charge is 0.224 e. The van der Waals surface area contributed by atoms with Gasteiger partial charge in [0, 0.05) is 24.2 Å². The molecular formula is C13H15ClN4O3S2. The van der Waals surface area contributed by atoms with E-state index in [1.807, 2.05) is 11.8 Å². The van der Waals surface area contributed by atoms with Crippen molar-refractivity contribution < 1.29 is 13.2 Å². The van der Waals surface area contributed by atoms with Crippen LogP contribution in [0.2, 0.25) is 5.28 Å². The van der Waals surface area contributed by atoms with Crippen molar-refractivity contribution in [3.05, 3.63) is 28.6 Å². The highest BCUT2D eigenvalue weighted by atomic mass is 35.5. The lowest BCUT2D eigenvalue weighted by atomic mass is 10.2. The number of nitrogens with zero attached hydrogens (tertiary/aromatic N) is 4. The van der Waals surface area contributed by atoms with Crippen LogP contribution in [0.4, 0.5) is 5.82 Å². The number of halogens is 1. The maximum absolute atomic E-state index is 12.3. The van der Waals surface area contributed by atoms with E-state index in [9.17, 15) is 8.42 Å². The van der Waals surface area contributed by atoms with Crippen LogP contribution in [-0.2, 0) is 20.3 Å². The summed E-state index contributed by atoms with van der Waals surface area (Å²) in [4.78, 5) is 14.2. The average molecular weight is 375 g/mol. The molecule has 1 aliphatic heterocycles. The lowest BCUT2D eigenvalue weighted by Gasteiger charge is -2.34. The predicted molar refractivity (Wildman–Crippen MR) is 87.7 cm³/mol. The number of thiazole rings is 1. The third kappa shape index (κ3) is 3.79. The molecule has 0 spiro atoms.